The summed E-state index contributed by atoms with van der Waals surface area (Å²) < 4.78 is 13.1. The number of amides is 1. The lowest BCUT2D eigenvalue weighted by Gasteiger charge is -2.32. The van der Waals surface area contributed by atoms with Gasteiger partial charge in [0.05, 0.1) is 0 Å². The third kappa shape index (κ3) is 5.36. The molecule has 0 radical (unpaired) electrons. The van der Waals surface area contributed by atoms with Gasteiger partial charge >= 0.3 is 0 Å². The van der Waals surface area contributed by atoms with Crippen molar-refractivity contribution in [2.45, 2.75) is 32.7 Å². The van der Waals surface area contributed by atoms with Gasteiger partial charge in [0.25, 0.3) is 5.91 Å². The summed E-state index contributed by atoms with van der Waals surface area (Å²) in [5.74, 6) is 1.02. The highest BCUT2D eigenvalue weighted by atomic mass is 19.1. The Morgan fingerprint density at radius 1 is 1.00 bits per heavy atom. The Morgan fingerprint density at radius 3 is 2.35 bits per heavy atom. The van der Waals surface area contributed by atoms with E-state index in [1.165, 1.54) is 12.1 Å². The van der Waals surface area contributed by atoms with E-state index in [9.17, 15) is 9.18 Å². The fourth-order valence-corrected chi connectivity index (χ4v) is 3.64. The maximum Gasteiger partial charge on any atom is 0.251 e. The monoisotopic (exact) mass is 419 g/mol. The number of halogens is 1. The molecule has 0 saturated carbocycles. The van der Waals surface area contributed by atoms with Crippen LogP contribution in [0, 0.1) is 19.7 Å². The van der Waals surface area contributed by atoms with Gasteiger partial charge in [0.2, 0.25) is 5.95 Å². The molecule has 0 bridgehead atoms. The molecule has 0 aliphatic carbocycles. The van der Waals surface area contributed by atoms with Crippen LogP contribution >= 0.6 is 0 Å². The molecule has 1 aliphatic heterocycles. The average Bonchev–Trinajstić information content (AvgIpc) is 2.76. The van der Waals surface area contributed by atoms with Crippen molar-refractivity contribution in [3.8, 4) is 0 Å². The van der Waals surface area contributed by atoms with Gasteiger partial charge in [0.1, 0.15) is 11.6 Å². The van der Waals surface area contributed by atoms with E-state index >= 15 is 0 Å². The molecule has 4 rings (SSSR count). The number of aromatic nitrogens is 2. The van der Waals surface area contributed by atoms with E-state index in [0.29, 0.717) is 17.3 Å². The normalized spacial score (nSPS) is 14.4. The van der Waals surface area contributed by atoms with Crippen molar-refractivity contribution in [2.75, 3.05) is 23.3 Å². The van der Waals surface area contributed by atoms with E-state index in [2.05, 4.69) is 25.5 Å². The van der Waals surface area contributed by atoms with Crippen LogP contribution in [0.1, 0.15) is 34.5 Å². The molecular weight excluding hydrogens is 393 g/mol. The Kier molecular flexibility index (Phi) is 6.11. The van der Waals surface area contributed by atoms with Crippen molar-refractivity contribution >= 4 is 23.4 Å². The van der Waals surface area contributed by atoms with Crippen molar-refractivity contribution in [1.29, 1.82) is 0 Å². The summed E-state index contributed by atoms with van der Waals surface area (Å²) in [5.41, 5.74) is 3.44. The third-order valence-corrected chi connectivity index (χ3v) is 5.39. The van der Waals surface area contributed by atoms with Crippen LogP contribution in [-0.2, 0) is 0 Å². The van der Waals surface area contributed by atoms with E-state index in [4.69, 9.17) is 0 Å². The topological polar surface area (TPSA) is 70.2 Å². The molecule has 2 N–H and O–H groups in total. The van der Waals surface area contributed by atoms with Gasteiger partial charge < -0.3 is 15.5 Å². The maximum atomic E-state index is 13.1. The lowest BCUT2D eigenvalue weighted by atomic mass is 10.0. The summed E-state index contributed by atoms with van der Waals surface area (Å²) in [6, 6.07) is 15.8. The Balaban J connectivity index is 1.37. The molecule has 2 aromatic carbocycles. The summed E-state index contributed by atoms with van der Waals surface area (Å²) in [6.07, 6.45) is 1.66. The molecule has 7 heteroatoms. The van der Waals surface area contributed by atoms with Gasteiger partial charge in [-0.25, -0.2) is 9.37 Å². The highest BCUT2D eigenvalue weighted by Gasteiger charge is 2.23. The standard InChI is InChI=1S/C24H26FN5O/c1-16-3-5-18(6-4-16)23(31)28-21-11-13-30(14-12-21)24-26-17(2)15-22(29-24)27-20-9-7-19(25)8-10-20/h3-10,15,21H,11-14H2,1-2H3,(H,28,31)(H,26,27,29). The van der Waals surface area contributed by atoms with E-state index in [1.807, 2.05) is 44.2 Å². The van der Waals surface area contributed by atoms with Gasteiger partial charge in [-0.2, -0.15) is 4.98 Å². The van der Waals surface area contributed by atoms with E-state index in [1.54, 1.807) is 12.1 Å². The molecule has 160 valence electrons. The molecule has 2 heterocycles. The lowest BCUT2D eigenvalue weighted by molar-refractivity contribution is 0.0931. The average molecular weight is 420 g/mol. The molecular formula is C24H26FN5O. The van der Waals surface area contributed by atoms with Gasteiger partial charge in [-0.1, -0.05) is 17.7 Å². The molecule has 0 unspecified atom stereocenters. The zero-order valence-corrected chi connectivity index (χ0v) is 17.7. The van der Waals surface area contributed by atoms with Gasteiger partial charge in [-0.3, -0.25) is 4.79 Å². The second kappa shape index (κ2) is 9.12. The first-order chi connectivity index (χ1) is 15.0. The second-order valence-corrected chi connectivity index (χ2v) is 7.93. The minimum atomic E-state index is -0.276. The molecule has 0 spiro atoms. The van der Waals surface area contributed by atoms with Crippen molar-refractivity contribution in [3.63, 3.8) is 0 Å². The number of piperidine rings is 1. The minimum absolute atomic E-state index is 0.0314. The number of carbonyl (C=O) groups excluding carboxylic acids is 1. The molecule has 31 heavy (non-hydrogen) atoms. The molecule has 6 nitrogen and oxygen atoms in total. The van der Waals surface area contributed by atoms with Crippen molar-refractivity contribution in [2.24, 2.45) is 0 Å². The Morgan fingerprint density at radius 2 is 1.68 bits per heavy atom. The largest absolute Gasteiger partial charge is 0.349 e. The second-order valence-electron chi connectivity index (χ2n) is 7.93. The zero-order valence-electron chi connectivity index (χ0n) is 17.7. The summed E-state index contributed by atoms with van der Waals surface area (Å²) in [4.78, 5) is 23.8. The van der Waals surface area contributed by atoms with E-state index < -0.39 is 0 Å². The molecule has 1 fully saturated rings. The molecule has 3 aromatic rings. The lowest BCUT2D eigenvalue weighted by Crippen LogP contribution is -2.45. The predicted octanol–water partition coefficient (Wildman–Crippen LogP) is 4.37. The number of aryl methyl sites for hydroxylation is 2. The van der Waals surface area contributed by atoms with Gasteiger partial charge in [0, 0.05) is 42.1 Å². The Bertz CT molecular complexity index is 1040. The molecule has 0 atom stereocenters. The van der Waals surface area contributed by atoms with Crippen LogP contribution < -0.4 is 15.5 Å². The third-order valence-electron chi connectivity index (χ3n) is 5.39. The molecule has 1 amide bonds. The molecule has 1 aliphatic rings. The van der Waals surface area contributed by atoms with Crippen molar-refractivity contribution in [3.05, 3.63) is 77.2 Å². The predicted molar refractivity (Wildman–Crippen MR) is 120 cm³/mol. The number of hydrogen-bond acceptors (Lipinski definition) is 5. The number of benzene rings is 2. The van der Waals surface area contributed by atoms with Gasteiger partial charge in [0.15, 0.2) is 0 Å². The molecule has 1 aromatic heterocycles. The number of carbonyl (C=O) groups is 1. The number of anilines is 3. The summed E-state index contributed by atoms with van der Waals surface area (Å²) >= 11 is 0. The van der Waals surface area contributed by atoms with Crippen LogP contribution in [-0.4, -0.2) is 35.0 Å². The first-order valence-corrected chi connectivity index (χ1v) is 10.5. The summed E-state index contributed by atoms with van der Waals surface area (Å²) in [5, 5.41) is 6.34. The molecule has 1 saturated heterocycles. The van der Waals surface area contributed by atoms with E-state index in [0.717, 1.165) is 42.9 Å². The van der Waals surface area contributed by atoms with Gasteiger partial charge in [-0.05, 0) is 63.1 Å². The number of hydrogen-bond donors (Lipinski definition) is 2. The minimum Gasteiger partial charge on any atom is -0.349 e. The summed E-state index contributed by atoms with van der Waals surface area (Å²) in [7, 11) is 0. The van der Waals surface area contributed by atoms with Crippen LogP contribution in [0.15, 0.2) is 54.6 Å². The first-order valence-electron chi connectivity index (χ1n) is 10.5. The van der Waals surface area contributed by atoms with Crippen LogP contribution in [0.4, 0.5) is 21.8 Å². The maximum absolute atomic E-state index is 13.1. The van der Waals surface area contributed by atoms with Crippen LogP contribution in [0.3, 0.4) is 0 Å². The fraction of sp³-hybridized carbons (Fsp3) is 0.292. The Hall–Kier alpha value is -3.48. The fourth-order valence-electron chi connectivity index (χ4n) is 3.64. The quantitative estimate of drug-likeness (QED) is 0.643. The Labute approximate surface area is 181 Å². The summed E-state index contributed by atoms with van der Waals surface area (Å²) in [6.45, 7) is 5.46. The SMILES string of the molecule is Cc1ccc(C(=O)NC2CCN(c3nc(C)cc(Nc4ccc(F)cc4)n3)CC2)cc1. The first kappa shape index (κ1) is 20.8. The van der Waals surface area contributed by atoms with Crippen molar-refractivity contribution in [1.82, 2.24) is 15.3 Å². The highest BCUT2D eigenvalue weighted by molar-refractivity contribution is 5.94. The highest BCUT2D eigenvalue weighted by Crippen LogP contribution is 2.21. The number of nitrogens with one attached hydrogen (secondary N) is 2. The van der Waals surface area contributed by atoms with Crippen LogP contribution in [0.5, 0.6) is 0 Å². The number of nitrogens with zero attached hydrogens (tertiary/aromatic N) is 3. The van der Waals surface area contributed by atoms with E-state index in [-0.39, 0.29) is 17.8 Å². The number of rotatable bonds is 5. The zero-order chi connectivity index (χ0) is 21.8. The van der Waals surface area contributed by atoms with Crippen LogP contribution in [0.25, 0.3) is 0 Å². The smallest absolute Gasteiger partial charge is 0.251 e. The van der Waals surface area contributed by atoms with Crippen LogP contribution in [0.2, 0.25) is 0 Å². The van der Waals surface area contributed by atoms with Crippen molar-refractivity contribution < 1.29 is 9.18 Å². The van der Waals surface area contributed by atoms with Gasteiger partial charge in [-0.15, -0.1) is 0 Å².